The van der Waals surface area contributed by atoms with E-state index in [0.29, 0.717) is 11.6 Å². The summed E-state index contributed by atoms with van der Waals surface area (Å²) in [6, 6.07) is 16.7. The Morgan fingerprint density at radius 2 is 1.88 bits per heavy atom. The van der Waals surface area contributed by atoms with Crippen molar-refractivity contribution in [2.24, 2.45) is 0 Å². The molecule has 1 fully saturated rings. The number of methoxy groups -OCH3 is 1. The monoisotopic (exact) mass is 372 g/mol. The van der Waals surface area contributed by atoms with Crippen LogP contribution in [0.25, 0.3) is 0 Å². The molecule has 2 aliphatic heterocycles. The molecule has 0 radical (unpaired) electrons. The Kier molecular flexibility index (Phi) is 5.84. The highest BCUT2D eigenvalue weighted by molar-refractivity contribution is 5.94. The Bertz CT molecular complexity index is 763. The molecule has 4 nitrogen and oxygen atoms in total. The molecule has 0 aromatic heterocycles. The largest absolute Gasteiger partial charge is 0.497 e. The predicted molar refractivity (Wildman–Crippen MR) is 105 cm³/mol. The standard InChI is InChI=1S/C21H24N2O2.ClH/c1-25-18-8-6-16(7-9-18)21(24)22-17-11-13-23-12-10-15-4-2-3-5-19(15)20(23)14-17;/h2-9,17,20H,10-14H2,1H3,(H,22,24);1H. The Morgan fingerprint density at radius 3 is 2.65 bits per heavy atom. The van der Waals surface area contributed by atoms with Crippen molar-refractivity contribution in [3.63, 3.8) is 0 Å². The minimum Gasteiger partial charge on any atom is -0.497 e. The summed E-state index contributed by atoms with van der Waals surface area (Å²) >= 11 is 0. The van der Waals surface area contributed by atoms with Crippen molar-refractivity contribution >= 4 is 18.3 Å². The molecule has 5 heteroatoms. The van der Waals surface area contributed by atoms with E-state index in [1.54, 1.807) is 7.11 Å². The van der Waals surface area contributed by atoms with Crippen LogP contribution in [0.15, 0.2) is 48.5 Å². The maximum atomic E-state index is 12.6. The van der Waals surface area contributed by atoms with Gasteiger partial charge in [0.1, 0.15) is 5.75 Å². The van der Waals surface area contributed by atoms with E-state index in [4.69, 9.17) is 4.74 Å². The molecule has 0 bridgehead atoms. The molecule has 2 unspecified atom stereocenters. The first kappa shape index (κ1) is 18.7. The molecule has 2 atom stereocenters. The number of ether oxygens (including phenoxy) is 1. The molecule has 0 spiro atoms. The zero-order valence-electron chi connectivity index (χ0n) is 15.0. The summed E-state index contributed by atoms with van der Waals surface area (Å²) in [7, 11) is 1.63. The number of nitrogens with one attached hydrogen (secondary N) is 1. The second kappa shape index (κ2) is 8.11. The number of halogens is 1. The number of rotatable bonds is 3. The van der Waals surface area contributed by atoms with E-state index in [2.05, 4.69) is 34.5 Å². The second-order valence-electron chi connectivity index (χ2n) is 6.92. The molecule has 138 valence electrons. The van der Waals surface area contributed by atoms with Gasteiger partial charge >= 0.3 is 0 Å². The number of hydrogen-bond acceptors (Lipinski definition) is 3. The summed E-state index contributed by atoms with van der Waals surface area (Å²) in [5, 5.41) is 3.23. The molecule has 0 saturated carbocycles. The van der Waals surface area contributed by atoms with Crippen molar-refractivity contribution in [2.45, 2.75) is 31.3 Å². The first-order valence-corrected chi connectivity index (χ1v) is 9.01. The van der Waals surface area contributed by atoms with Gasteiger partial charge in [0.25, 0.3) is 5.91 Å². The number of piperidine rings is 1. The molecule has 0 aliphatic carbocycles. The van der Waals surface area contributed by atoms with Gasteiger partial charge in [-0.25, -0.2) is 0 Å². The fourth-order valence-electron chi connectivity index (χ4n) is 4.10. The van der Waals surface area contributed by atoms with Gasteiger partial charge in [-0.1, -0.05) is 24.3 Å². The van der Waals surface area contributed by atoms with Crippen molar-refractivity contribution in [1.29, 1.82) is 0 Å². The summed E-state index contributed by atoms with van der Waals surface area (Å²) in [6.45, 7) is 2.17. The summed E-state index contributed by atoms with van der Waals surface area (Å²) in [5.74, 6) is 0.772. The van der Waals surface area contributed by atoms with E-state index >= 15 is 0 Å². The first-order valence-electron chi connectivity index (χ1n) is 9.01. The maximum absolute atomic E-state index is 12.6. The van der Waals surface area contributed by atoms with Crippen LogP contribution >= 0.6 is 12.4 Å². The van der Waals surface area contributed by atoms with E-state index in [1.807, 2.05) is 24.3 Å². The molecular formula is C21H25ClN2O2. The zero-order valence-corrected chi connectivity index (χ0v) is 15.8. The van der Waals surface area contributed by atoms with Crippen LogP contribution in [0.1, 0.15) is 40.4 Å². The van der Waals surface area contributed by atoms with Gasteiger partial charge in [0, 0.05) is 30.7 Å². The molecule has 2 aliphatic rings. The summed E-state index contributed by atoms with van der Waals surface area (Å²) in [6.07, 6.45) is 3.13. The maximum Gasteiger partial charge on any atom is 0.251 e. The topological polar surface area (TPSA) is 41.6 Å². The zero-order chi connectivity index (χ0) is 17.2. The lowest BCUT2D eigenvalue weighted by molar-refractivity contribution is 0.0844. The molecule has 2 aromatic rings. The molecule has 2 heterocycles. The molecule has 2 aromatic carbocycles. The van der Waals surface area contributed by atoms with Crippen LogP contribution in [0.4, 0.5) is 0 Å². The molecule has 26 heavy (non-hydrogen) atoms. The van der Waals surface area contributed by atoms with Crippen LogP contribution < -0.4 is 10.1 Å². The van der Waals surface area contributed by atoms with Crippen LogP contribution in [-0.4, -0.2) is 37.0 Å². The van der Waals surface area contributed by atoms with Crippen molar-refractivity contribution in [3.05, 3.63) is 65.2 Å². The summed E-state index contributed by atoms with van der Waals surface area (Å²) in [5.41, 5.74) is 3.59. The lowest BCUT2D eigenvalue weighted by Crippen LogP contribution is -2.48. The normalized spacial score (nSPS) is 21.7. The Labute approximate surface area is 160 Å². The lowest BCUT2D eigenvalue weighted by Gasteiger charge is -2.43. The van der Waals surface area contributed by atoms with Gasteiger partial charge in [-0.05, 0) is 54.7 Å². The fraction of sp³-hybridized carbons (Fsp3) is 0.381. The molecule has 1 saturated heterocycles. The predicted octanol–water partition coefficient (Wildman–Crippen LogP) is 3.61. The van der Waals surface area contributed by atoms with Gasteiger partial charge in [0.2, 0.25) is 0 Å². The number of carbonyl (C=O) groups excluding carboxylic acids is 1. The molecule has 4 rings (SSSR count). The van der Waals surface area contributed by atoms with Crippen LogP contribution in [0, 0.1) is 0 Å². The number of hydrogen-bond donors (Lipinski definition) is 1. The Hall–Kier alpha value is -2.04. The van der Waals surface area contributed by atoms with Gasteiger partial charge in [0.15, 0.2) is 0 Å². The van der Waals surface area contributed by atoms with Crippen LogP contribution in [0.5, 0.6) is 5.75 Å². The number of nitrogens with zero attached hydrogens (tertiary/aromatic N) is 1. The highest BCUT2D eigenvalue weighted by Gasteiger charge is 2.33. The van der Waals surface area contributed by atoms with Crippen LogP contribution in [0.3, 0.4) is 0 Å². The highest BCUT2D eigenvalue weighted by Crippen LogP contribution is 2.36. The van der Waals surface area contributed by atoms with Crippen molar-refractivity contribution < 1.29 is 9.53 Å². The second-order valence-corrected chi connectivity index (χ2v) is 6.92. The van der Waals surface area contributed by atoms with Gasteiger partial charge in [-0.2, -0.15) is 0 Å². The van der Waals surface area contributed by atoms with Crippen molar-refractivity contribution in [2.75, 3.05) is 20.2 Å². The highest BCUT2D eigenvalue weighted by atomic mass is 35.5. The lowest BCUT2D eigenvalue weighted by atomic mass is 9.85. The van der Waals surface area contributed by atoms with E-state index in [0.717, 1.165) is 38.1 Å². The summed E-state index contributed by atoms with van der Waals surface area (Å²) < 4.78 is 5.15. The third kappa shape index (κ3) is 3.71. The number of benzene rings is 2. The molecule has 1 amide bonds. The number of fused-ring (bicyclic) bond motifs is 3. The first-order chi connectivity index (χ1) is 12.2. The quantitative estimate of drug-likeness (QED) is 0.894. The Balaban J connectivity index is 0.00000196. The van der Waals surface area contributed by atoms with Gasteiger partial charge in [-0.15, -0.1) is 12.4 Å². The van der Waals surface area contributed by atoms with Crippen LogP contribution in [-0.2, 0) is 6.42 Å². The van der Waals surface area contributed by atoms with E-state index in [-0.39, 0.29) is 24.4 Å². The third-order valence-electron chi connectivity index (χ3n) is 5.48. The average Bonchev–Trinajstić information content (AvgIpc) is 2.68. The van der Waals surface area contributed by atoms with Gasteiger partial charge in [-0.3, -0.25) is 9.69 Å². The minimum absolute atomic E-state index is 0. The van der Waals surface area contributed by atoms with Gasteiger partial charge < -0.3 is 10.1 Å². The number of carbonyl (C=O) groups is 1. The molecule has 1 N–H and O–H groups in total. The Morgan fingerprint density at radius 1 is 1.12 bits per heavy atom. The van der Waals surface area contributed by atoms with Gasteiger partial charge in [0.05, 0.1) is 7.11 Å². The minimum atomic E-state index is 0. The average molecular weight is 373 g/mol. The van der Waals surface area contributed by atoms with Crippen LogP contribution in [0.2, 0.25) is 0 Å². The van der Waals surface area contributed by atoms with E-state index in [1.165, 1.54) is 11.1 Å². The smallest absolute Gasteiger partial charge is 0.251 e. The van der Waals surface area contributed by atoms with E-state index in [9.17, 15) is 4.79 Å². The number of amides is 1. The third-order valence-corrected chi connectivity index (χ3v) is 5.48. The van der Waals surface area contributed by atoms with Crippen molar-refractivity contribution in [3.8, 4) is 5.75 Å². The fourth-order valence-corrected chi connectivity index (χ4v) is 4.10. The van der Waals surface area contributed by atoms with E-state index < -0.39 is 0 Å². The molecular weight excluding hydrogens is 348 g/mol. The van der Waals surface area contributed by atoms with Crippen molar-refractivity contribution in [1.82, 2.24) is 10.2 Å². The summed E-state index contributed by atoms with van der Waals surface area (Å²) in [4.78, 5) is 15.1. The SMILES string of the molecule is COc1ccc(C(=O)NC2CCN3CCc4ccccc4C3C2)cc1.Cl.